The molecule has 16 rings (SSSR count). The van der Waals surface area contributed by atoms with Gasteiger partial charge in [-0.2, -0.15) is 13.2 Å². The van der Waals surface area contributed by atoms with Gasteiger partial charge in [-0.05, 0) is 128 Å². The number of nitrogens with zero attached hydrogens (tertiary/aromatic N) is 4. The molecule has 0 radical (unpaired) electrons. The Kier molecular flexibility index (Phi) is 7.22. The van der Waals surface area contributed by atoms with E-state index < -0.39 is 22.6 Å². The van der Waals surface area contributed by atoms with Gasteiger partial charge < -0.3 is 13.9 Å². The van der Waals surface area contributed by atoms with Crippen LogP contribution in [0.4, 0.5) is 30.2 Å². The standard InChI is InChI=1S/C63H37F3N4O/c1-61(2)43-12-4-6-16-50(43)70(53-33-52-42(32-48(53)61)38-10-3-5-15-49(38)69(52)37-24-22-36(23-25-37)63(64,65)66)51-17-7-11-39-40-27-29-45-56(60(40)71-59(39)51)41-26-20-34-18-19-35-21-28-44(55(41)54(34)35)62(45)46-13-8-30-67-57(46)58-47(62)14-9-31-68-58/h3-33H,1-2H3. The lowest BCUT2D eigenvalue weighted by Gasteiger charge is -2.42. The van der Waals surface area contributed by atoms with Crippen molar-refractivity contribution in [1.82, 2.24) is 14.5 Å². The maximum Gasteiger partial charge on any atom is 0.416 e. The van der Waals surface area contributed by atoms with Crippen molar-refractivity contribution in [1.29, 1.82) is 0 Å². The molecule has 5 heterocycles. The van der Waals surface area contributed by atoms with Crippen LogP contribution in [0.25, 0.3) is 94.9 Å². The van der Waals surface area contributed by atoms with Crippen LogP contribution < -0.4 is 4.90 Å². The molecule has 0 amide bonds. The zero-order chi connectivity index (χ0) is 47.3. The van der Waals surface area contributed by atoms with Crippen molar-refractivity contribution in [2.75, 3.05) is 4.90 Å². The third-order valence-corrected chi connectivity index (χ3v) is 16.3. The lowest BCUT2D eigenvalue weighted by Crippen LogP contribution is -2.32. The normalized spacial score (nSPS) is 15.3. The van der Waals surface area contributed by atoms with Gasteiger partial charge >= 0.3 is 6.18 Å². The molecule has 1 spiro atoms. The van der Waals surface area contributed by atoms with Gasteiger partial charge in [-0.15, -0.1) is 0 Å². The number of alkyl halides is 3. The summed E-state index contributed by atoms with van der Waals surface area (Å²) in [7, 11) is 0. The predicted molar refractivity (Wildman–Crippen MR) is 278 cm³/mol. The predicted octanol–water partition coefficient (Wildman–Crippen LogP) is 16.6. The number of benzene rings is 8. The van der Waals surface area contributed by atoms with Crippen LogP contribution in [-0.2, 0) is 17.0 Å². The molecule has 8 aromatic carbocycles. The maximum absolute atomic E-state index is 13.9. The Hall–Kier alpha value is -8.75. The van der Waals surface area contributed by atoms with Crippen molar-refractivity contribution < 1.29 is 17.6 Å². The summed E-state index contributed by atoms with van der Waals surface area (Å²) >= 11 is 0. The average Bonchev–Trinajstić information content (AvgIpc) is 4.17. The van der Waals surface area contributed by atoms with E-state index in [0.29, 0.717) is 5.69 Å². The molecule has 71 heavy (non-hydrogen) atoms. The second-order valence-corrected chi connectivity index (χ2v) is 19.9. The lowest BCUT2D eigenvalue weighted by atomic mass is 9.61. The smallest absolute Gasteiger partial charge is 0.416 e. The molecule has 0 saturated heterocycles. The summed E-state index contributed by atoms with van der Waals surface area (Å²) in [6.07, 6.45) is 3.73. The highest BCUT2D eigenvalue weighted by atomic mass is 19.4. The fraction of sp³-hybridized carbons (Fsp3) is 0.0794. The van der Waals surface area contributed by atoms with E-state index >= 15 is 0 Å². The summed E-state index contributed by atoms with van der Waals surface area (Å²) in [6, 6.07) is 55.4. The third kappa shape index (κ3) is 4.73. The first kappa shape index (κ1) is 39.1. The Balaban J connectivity index is 0.998. The molecule has 4 aliphatic rings. The van der Waals surface area contributed by atoms with Crippen molar-refractivity contribution in [3.63, 3.8) is 0 Å². The first-order valence-corrected chi connectivity index (χ1v) is 24.0. The topological polar surface area (TPSA) is 47.1 Å². The monoisotopic (exact) mass is 922 g/mol. The van der Waals surface area contributed by atoms with Gasteiger partial charge in [0, 0.05) is 50.6 Å². The van der Waals surface area contributed by atoms with E-state index in [1.165, 1.54) is 45.2 Å². The van der Waals surface area contributed by atoms with Gasteiger partial charge in [0.2, 0.25) is 0 Å². The molecular weight excluding hydrogens is 886 g/mol. The van der Waals surface area contributed by atoms with Gasteiger partial charge in [0.25, 0.3) is 0 Å². The first-order chi connectivity index (χ1) is 34.6. The molecular formula is C63H37F3N4O. The fourth-order valence-corrected chi connectivity index (χ4v) is 13.3. The summed E-state index contributed by atoms with van der Waals surface area (Å²) < 4.78 is 51.4. The molecule has 336 valence electrons. The van der Waals surface area contributed by atoms with Crippen molar-refractivity contribution in [2.45, 2.75) is 30.9 Å². The minimum atomic E-state index is -4.45. The third-order valence-electron chi connectivity index (χ3n) is 16.3. The van der Waals surface area contributed by atoms with Crippen LogP contribution in [0.5, 0.6) is 0 Å². The Morgan fingerprint density at radius 2 is 1.15 bits per heavy atom. The number of fused-ring (bicyclic) bond motifs is 18. The average molecular weight is 923 g/mol. The number of para-hydroxylation sites is 3. The summed E-state index contributed by atoms with van der Waals surface area (Å²) in [5, 5.41) is 6.51. The van der Waals surface area contributed by atoms with Crippen molar-refractivity contribution in [3.05, 3.63) is 226 Å². The van der Waals surface area contributed by atoms with Gasteiger partial charge in [0.15, 0.2) is 5.58 Å². The summed E-state index contributed by atoms with van der Waals surface area (Å²) in [5.74, 6) is 0. The van der Waals surface area contributed by atoms with E-state index in [4.69, 9.17) is 14.4 Å². The number of halogens is 3. The highest BCUT2D eigenvalue weighted by Gasteiger charge is 2.52. The van der Waals surface area contributed by atoms with Crippen molar-refractivity contribution in [3.8, 4) is 28.2 Å². The molecule has 5 nitrogen and oxygen atoms in total. The summed E-state index contributed by atoms with van der Waals surface area (Å²) in [6.45, 7) is 4.55. The Morgan fingerprint density at radius 1 is 0.493 bits per heavy atom. The molecule has 0 atom stereocenters. The molecule has 8 heteroatoms. The number of hydrogen-bond donors (Lipinski definition) is 0. The largest absolute Gasteiger partial charge is 0.453 e. The molecule has 1 aliphatic heterocycles. The molecule has 0 fully saturated rings. The number of anilines is 3. The lowest BCUT2D eigenvalue weighted by molar-refractivity contribution is -0.137. The number of rotatable bonds is 2. The highest BCUT2D eigenvalue weighted by molar-refractivity contribution is 6.21. The molecule has 3 aliphatic carbocycles. The van der Waals surface area contributed by atoms with E-state index in [2.05, 4.69) is 145 Å². The zero-order valence-electron chi connectivity index (χ0n) is 38.2. The van der Waals surface area contributed by atoms with Gasteiger partial charge in [0.1, 0.15) is 5.58 Å². The Bertz CT molecular complexity index is 4380. The van der Waals surface area contributed by atoms with Crippen LogP contribution in [0.1, 0.15) is 63.9 Å². The SMILES string of the molecule is CC1(C)c2ccccc2N(c2cccc3c2oc2c4c(ccc23)C2(c3cccnc3-c3ncccc32)c2ccc3c5c(ccc-4c25)C=C3)c2cc3c(cc21)c1ccccc1n3-c1ccc(C(F)(F)F)cc1. The maximum atomic E-state index is 13.9. The second-order valence-electron chi connectivity index (χ2n) is 19.9. The number of aromatic nitrogens is 3. The molecule has 0 N–H and O–H groups in total. The molecule has 0 unspecified atom stereocenters. The van der Waals surface area contributed by atoms with Crippen molar-refractivity contribution >= 4 is 83.7 Å². The number of hydrogen-bond acceptors (Lipinski definition) is 4. The quantitative estimate of drug-likeness (QED) is 0.173. The minimum Gasteiger partial charge on any atom is -0.453 e. The first-order valence-electron chi connectivity index (χ1n) is 24.0. The van der Waals surface area contributed by atoms with E-state index in [-0.39, 0.29) is 0 Å². The van der Waals surface area contributed by atoms with Gasteiger partial charge in [-0.1, -0.05) is 123 Å². The Labute approximate surface area is 404 Å². The molecule has 0 bridgehead atoms. The summed E-state index contributed by atoms with van der Waals surface area (Å²) in [4.78, 5) is 12.4. The molecule has 12 aromatic rings. The summed E-state index contributed by atoms with van der Waals surface area (Å²) in [5.41, 5.74) is 18.3. The van der Waals surface area contributed by atoms with Crippen LogP contribution in [-0.4, -0.2) is 14.5 Å². The Morgan fingerprint density at radius 3 is 1.93 bits per heavy atom. The fourth-order valence-electron chi connectivity index (χ4n) is 13.3. The van der Waals surface area contributed by atoms with Crippen molar-refractivity contribution in [2.24, 2.45) is 0 Å². The van der Waals surface area contributed by atoms with Gasteiger partial charge in [-0.3, -0.25) is 9.97 Å². The number of furan rings is 1. The van der Waals surface area contributed by atoms with Crippen LogP contribution in [0, 0.1) is 0 Å². The highest BCUT2D eigenvalue weighted by Crippen LogP contribution is 2.64. The minimum absolute atomic E-state index is 0.427. The van der Waals surface area contributed by atoms with Crippen LogP contribution >= 0.6 is 0 Å². The zero-order valence-corrected chi connectivity index (χ0v) is 38.2. The van der Waals surface area contributed by atoms with Gasteiger partial charge in [0.05, 0.1) is 50.5 Å². The molecule has 4 aromatic heterocycles. The number of pyridine rings is 2. The van der Waals surface area contributed by atoms with Crippen LogP contribution in [0.3, 0.4) is 0 Å². The second kappa shape index (κ2) is 13.1. The van der Waals surface area contributed by atoms with Gasteiger partial charge in [-0.25, -0.2) is 0 Å². The van der Waals surface area contributed by atoms with E-state index in [1.807, 2.05) is 42.7 Å². The van der Waals surface area contributed by atoms with E-state index in [0.717, 1.165) is 106 Å². The molecule has 0 saturated carbocycles. The van der Waals surface area contributed by atoms with E-state index in [9.17, 15) is 13.2 Å². The van der Waals surface area contributed by atoms with E-state index in [1.54, 1.807) is 12.1 Å². The van der Waals surface area contributed by atoms with Crippen LogP contribution in [0.15, 0.2) is 181 Å². The van der Waals surface area contributed by atoms with Crippen LogP contribution in [0.2, 0.25) is 0 Å².